The van der Waals surface area contributed by atoms with Gasteiger partial charge in [-0.05, 0) is 18.9 Å². The van der Waals surface area contributed by atoms with E-state index >= 15 is 0 Å². The Kier molecular flexibility index (Phi) is 2.60. The smallest absolute Gasteiger partial charge is 0.231 e. The minimum Gasteiger partial charge on any atom is -0.339 e. The summed E-state index contributed by atoms with van der Waals surface area (Å²) in [6, 6.07) is 10.5. The fourth-order valence-corrected chi connectivity index (χ4v) is 2.11. The van der Waals surface area contributed by atoms with Gasteiger partial charge in [-0.25, -0.2) is 0 Å². The van der Waals surface area contributed by atoms with Gasteiger partial charge in [0.2, 0.25) is 5.89 Å². The van der Waals surface area contributed by atoms with Crippen LogP contribution in [0.15, 0.2) is 28.8 Å². The van der Waals surface area contributed by atoms with E-state index in [1.165, 1.54) is 11.1 Å². The van der Waals surface area contributed by atoms with Gasteiger partial charge >= 0.3 is 0 Å². The molecule has 90 valence electrons. The highest BCUT2D eigenvalue weighted by Crippen LogP contribution is 2.45. The Hall–Kier alpha value is -2.15. The Morgan fingerprint density at radius 1 is 1.50 bits per heavy atom. The van der Waals surface area contributed by atoms with Crippen LogP contribution in [0.4, 0.5) is 0 Å². The molecule has 1 heterocycles. The molecule has 1 aliphatic rings. The summed E-state index contributed by atoms with van der Waals surface area (Å²) >= 11 is 0. The monoisotopic (exact) mass is 239 g/mol. The molecule has 0 spiro atoms. The maximum Gasteiger partial charge on any atom is 0.231 e. The summed E-state index contributed by atoms with van der Waals surface area (Å²) in [6.45, 7) is 2.06. The van der Waals surface area contributed by atoms with Crippen molar-refractivity contribution in [3.8, 4) is 6.07 Å². The molecule has 1 saturated carbocycles. The molecule has 0 bridgehead atoms. The van der Waals surface area contributed by atoms with Crippen molar-refractivity contribution < 1.29 is 4.52 Å². The normalized spacial score (nSPS) is 21.6. The van der Waals surface area contributed by atoms with Gasteiger partial charge in [0.15, 0.2) is 5.82 Å². The Labute approximate surface area is 105 Å². The van der Waals surface area contributed by atoms with Gasteiger partial charge < -0.3 is 4.52 Å². The maximum atomic E-state index is 8.77. The van der Waals surface area contributed by atoms with Gasteiger partial charge in [-0.1, -0.05) is 35.0 Å². The lowest BCUT2D eigenvalue weighted by Crippen LogP contribution is -1.91. The Morgan fingerprint density at radius 2 is 2.39 bits per heavy atom. The summed E-state index contributed by atoms with van der Waals surface area (Å²) < 4.78 is 5.21. The van der Waals surface area contributed by atoms with Crippen LogP contribution in [-0.4, -0.2) is 10.1 Å². The highest BCUT2D eigenvalue weighted by atomic mass is 16.5. The molecule has 1 aromatic heterocycles. The molecule has 4 nitrogen and oxygen atoms in total. The molecule has 0 radical (unpaired) electrons. The van der Waals surface area contributed by atoms with E-state index in [2.05, 4.69) is 41.3 Å². The first kappa shape index (κ1) is 11.0. The van der Waals surface area contributed by atoms with Crippen LogP contribution in [0.3, 0.4) is 0 Å². The minimum atomic E-state index is 0.0669. The molecule has 1 aromatic carbocycles. The zero-order valence-corrected chi connectivity index (χ0v) is 10.1. The minimum absolute atomic E-state index is 0.0669. The molecule has 3 rings (SSSR count). The van der Waals surface area contributed by atoms with Crippen LogP contribution in [0.5, 0.6) is 0 Å². The van der Waals surface area contributed by atoms with Gasteiger partial charge in [0.25, 0.3) is 0 Å². The zero-order valence-electron chi connectivity index (χ0n) is 10.1. The van der Waals surface area contributed by atoms with Crippen LogP contribution in [0.1, 0.15) is 35.2 Å². The SMILES string of the molecule is Cc1cccc(Cc2noc(C3CC3C#N)n2)c1. The fourth-order valence-electron chi connectivity index (χ4n) is 2.11. The molecule has 0 N–H and O–H groups in total. The lowest BCUT2D eigenvalue weighted by molar-refractivity contribution is 0.373. The number of benzene rings is 1. The molecule has 0 amide bonds. The first-order valence-corrected chi connectivity index (χ1v) is 6.04. The number of hydrogen-bond donors (Lipinski definition) is 0. The molecule has 0 aliphatic heterocycles. The van der Waals surface area contributed by atoms with Gasteiger partial charge in [-0.15, -0.1) is 0 Å². The molecule has 0 saturated heterocycles. The highest BCUT2D eigenvalue weighted by Gasteiger charge is 2.43. The van der Waals surface area contributed by atoms with Crippen LogP contribution in [-0.2, 0) is 6.42 Å². The topological polar surface area (TPSA) is 62.7 Å². The molecule has 1 aliphatic carbocycles. The van der Waals surface area contributed by atoms with Crippen LogP contribution >= 0.6 is 0 Å². The number of nitrogens with zero attached hydrogens (tertiary/aromatic N) is 3. The molecule has 4 heteroatoms. The van der Waals surface area contributed by atoms with Gasteiger partial charge in [-0.3, -0.25) is 0 Å². The van der Waals surface area contributed by atoms with Crippen molar-refractivity contribution in [3.63, 3.8) is 0 Å². The number of nitriles is 1. The van der Waals surface area contributed by atoms with E-state index in [1.54, 1.807) is 0 Å². The van der Waals surface area contributed by atoms with Gasteiger partial charge in [0.1, 0.15) is 0 Å². The van der Waals surface area contributed by atoms with E-state index < -0.39 is 0 Å². The number of hydrogen-bond acceptors (Lipinski definition) is 4. The zero-order chi connectivity index (χ0) is 12.5. The van der Waals surface area contributed by atoms with Crippen molar-refractivity contribution in [2.45, 2.75) is 25.7 Å². The first-order valence-electron chi connectivity index (χ1n) is 6.04. The maximum absolute atomic E-state index is 8.77. The van der Waals surface area contributed by atoms with E-state index in [-0.39, 0.29) is 11.8 Å². The van der Waals surface area contributed by atoms with Gasteiger partial charge in [-0.2, -0.15) is 10.2 Å². The molecular formula is C14H13N3O. The number of aromatic nitrogens is 2. The van der Waals surface area contributed by atoms with Crippen molar-refractivity contribution in [1.29, 1.82) is 5.26 Å². The summed E-state index contributed by atoms with van der Waals surface area (Å²) in [5, 5.41) is 12.7. The summed E-state index contributed by atoms with van der Waals surface area (Å²) in [6.07, 6.45) is 1.53. The molecule has 1 fully saturated rings. The number of aryl methyl sites for hydroxylation is 1. The molecule has 18 heavy (non-hydrogen) atoms. The fraction of sp³-hybridized carbons (Fsp3) is 0.357. The third-order valence-corrected chi connectivity index (χ3v) is 3.20. The Morgan fingerprint density at radius 3 is 3.11 bits per heavy atom. The summed E-state index contributed by atoms with van der Waals surface area (Å²) in [7, 11) is 0. The van der Waals surface area contributed by atoms with Crippen molar-refractivity contribution >= 4 is 0 Å². The summed E-state index contributed by atoms with van der Waals surface area (Å²) in [4.78, 5) is 4.37. The quantitative estimate of drug-likeness (QED) is 0.825. The van der Waals surface area contributed by atoms with E-state index in [9.17, 15) is 0 Å². The third kappa shape index (κ3) is 2.12. The van der Waals surface area contributed by atoms with E-state index in [0.29, 0.717) is 18.1 Å². The van der Waals surface area contributed by atoms with Crippen LogP contribution < -0.4 is 0 Å². The lowest BCUT2D eigenvalue weighted by Gasteiger charge is -1.97. The van der Waals surface area contributed by atoms with Gasteiger partial charge in [0.05, 0.1) is 17.9 Å². The Bertz CT molecular complexity index is 611. The van der Waals surface area contributed by atoms with Crippen LogP contribution in [0.2, 0.25) is 0 Å². The number of rotatable bonds is 3. The van der Waals surface area contributed by atoms with Crippen molar-refractivity contribution in [2.75, 3.05) is 0 Å². The van der Waals surface area contributed by atoms with Crippen molar-refractivity contribution in [3.05, 3.63) is 47.1 Å². The van der Waals surface area contributed by atoms with Crippen molar-refractivity contribution in [2.24, 2.45) is 5.92 Å². The molecular weight excluding hydrogens is 226 g/mol. The van der Waals surface area contributed by atoms with Gasteiger partial charge in [0, 0.05) is 6.42 Å². The average Bonchev–Trinajstić information content (AvgIpc) is 3.02. The predicted octanol–water partition coefficient (Wildman–Crippen LogP) is 2.60. The van der Waals surface area contributed by atoms with Crippen LogP contribution in [0, 0.1) is 24.2 Å². The summed E-state index contributed by atoms with van der Waals surface area (Å²) in [5.41, 5.74) is 2.40. The third-order valence-electron chi connectivity index (χ3n) is 3.20. The van der Waals surface area contributed by atoms with Crippen molar-refractivity contribution in [1.82, 2.24) is 10.1 Å². The molecule has 2 unspecified atom stereocenters. The Balaban J connectivity index is 1.73. The largest absolute Gasteiger partial charge is 0.339 e. The summed E-state index contributed by atoms with van der Waals surface area (Å²) in [5.74, 6) is 1.54. The average molecular weight is 239 g/mol. The lowest BCUT2D eigenvalue weighted by atomic mass is 10.1. The van der Waals surface area contributed by atoms with E-state index in [0.717, 1.165) is 6.42 Å². The van der Waals surface area contributed by atoms with E-state index in [4.69, 9.17) is 9.78 Å². The highest BCUT2D eigenvalue weighted by molar-refractivity contribution is 5.25. The standard InChI is InChI=1S/C14H13N3O/c1-9-3-2-4-10(5-9)6-13-16-14(18-17-13)12-7-11(12)8-15/h2-5,11-12H,6-7H2,1H3. The second-order valence-electron chi connectivity index (χ2n) is 4.79. The second kappa shape index (κ2) is 4.26. The molecule has 2 atom stereocenters. The second-order valence-corrected chi connectivity index (χ2v) is 4.79. The van der Waals surface area contributed by atoms with Crippen LogP contribution in [0.25, 0.3) is 0 Å². The van der Waals surface area contributed by atoms with E-state index in [1.807, 2.05) is 6.07 Å². The predicted molar refractivity (Wildman–Crippen MR) is 64.7 cm³/mol. The molecule has 2 aromatic rings. The first-order chi connectivity index (χ1) is 8.76.